The number of nitrogens with zero attached hydrogens (tertiary/aromatic N) is 3. The molecule has 24 heavy (non-hydrogen) atoms. The molecule has 1 saturated heterocycles. The van der Waals surface area contributed by atoms with Gasteiger partial charge in [0.05, 0.1) is 11.4 Å². The van der Waals surface area contributed by atoms with Crippen LogP contribution in [0, 0.1) is 6.92 Å². The average molecular weight is 320 g/mol. The Morgan fingerprint density at radius 2 is 1.92 bits per heavy atom. The zero-order valence-corrected chi connectivity index (χ0v) is 13.7. The second-order valence-corrected chi connectivity index (χ2v) is 6.14. The van der Waals surface area contributed by atoms with Crippen LogP contribution in [-0.2, 0) is 0 Å². The number of fused-ring (bicyclic) bond motifs is 1. The van der Waals surface area contributed by atoms with E-state index in [-0.39, 0.29) is 5.91 Å². The SMILES string of the molecule is Cc1cn2c(-c3cccc(C(=O)N4CCNCC4)c3)cccc2n1. The summed E-state index contributed by atoms with van der Waals surface area (Å²) in [6.45, 7) is 5.23. The van der Waals surface area contributed by atoms with Gasteiger partial charge in [-0.1, -0.05) is 18.2 Å². The molecule has 122 valence electrons. The number of nitrogens with one attached hydrogen (secondary N) is 1. The normalized spacial score (nSPS) is 15.0. The standard InChI is InChI=1S/C19H20N4O/c1-14-13-23-17(6-3-7-18(23)21-14)15-4-2-5-16(12-15)19(24)22-10-8-20-9-11-22/h2-7,12-13,20H,8-11H2,1H3. The Hall–Kier alpha value is -2.66. The first kappa shape index (κ1) is 14.9. The number of rotatable bonds is 2. The Bertz CT molecular complexity index is 893. The maximum Gasteiger partial charge on any atom is 0.253 e. The predicted octanol–water partition coefficient (Wildman–Crippen LogP) is 2.36. The highest BCUT2D eigenvalue weighted by Crippen LogP contribution is 2.23. The van der Waals surface area contributed by atoms with Crippen molar-refractivity contribution < 1.29 is 4.79 Å². The Labute approximate surface area is 140 Å². The van der Waals surface area contributed by atoms with Gasteiger partial charge in [0.15, 0.2) is 0 Å². The van der Waals surface area contributed by atoms with Gasteiger partial charge in [0.1, 0.15) is 5.65 Å². The lowest BCUT2D eigenvalue weighted by molar-refractivity contribution is 0.0736. The monoisotopic (exact) mass is 320 g/mol. The minimum atomic E-state index is 0.104. The summed E-state index contributed by atoms with van der Waals surface area (Å²) in [5.74, 6) is 0.104. The number of piperazine rings is 1. The third-order valence-corrected chi connectivity index (χ3v) is 4.42. The first-order chi connectivity index (χ1) is 11.7. The maximum atomic E-state index is 12.7. The van der Waals surface area contributed by atoms with Gasteiger partial charge < -0.3 is 10.2 Å². The van der Waals surface area contributed by atoms with Gasteiger partial charge in [-0.25, -0.2) is 4.98 Å². The van der Waals surface area contributed by atoms with Crippen LogP contribution in [0.3, 0.4) is 0 Å². The molecule has 1 aliphatic rings. The van der Waals surface area contributed by atoms with Gasteiger partial charge in [-0.2, -0.15) is 0 Å². The minimum Gasteiger partial charge on any atom is -0.336 e. The third-order valence-electron chi connectivity index (χ3n) is 4.42. The fraction of sp³-hybridized carbons (Fsp3) is 0.263. The van der Waals surface area contributed by atoms with Crippen molar-refractivity contribution >= 4 is 11.6 Å². The summed E-state index contributed by atoms with van der Waals surface area (Å²) in [6, 6.07) is 13.9. The quantitative estimate of drug-likeness (QED) is 0.788. The van der Waals surface area contributed by atoms with Gasteiger partial charge in [-0.05, 0) is 36.8 Å². The van der Waals surface area contributed by atoms with Gasteiger partial charge in [-0.3, -0.25) is 9.20 Å². The van der Waals surface area contributed by atoms with Crippen molar-refractivity contribution in [1.29, 1.82) is 0 Å². The Morgan fingerprint density at radius 1 is 1.12 bits per heavy atom. The van der Waals surface area contributed by atoms with Gasteiger partial charge >= 0.3 is 0 Å². The van der Waals surface area contributed by atoms with Crippen molar-refractivity contribution in [2.75, 3.05) is 26.2 Å². The Morgan fingerprint density at radius 3 is 2.75 bits per heavy atom. The predicted molar refractivity (Wildman–Crippen MR) is 94.1 cm³/mol. The number of carbonyl (C=O) groups is 1. The molecule has 2 aromatic heterocycles. The molecule has 0 radical (unpaired) electrons. The number of aryl methyl sites for hydroxylation is 1. The van der Waals surface area contributed by atoms with Gasteiger partial charge in [0.2, 0.25) is 0 Å². The number of hydrogen-bond acceptors (Lipinski definition) is 3. The van der Waals surface area contributed by atoms with Crippen LogP contribution in [-0.4, -0.2) is 46.4 Å². The van der Waals surface area contributed by atoms with Crippen molar-refractivity contribution in [2.45, 2.75) is 6.92 Å². The van der Waals surface area contributed by atoms with Crippen LogP contribution in [0.2, 0.25) is 0 Å². The molecular weight excluding hydrogens is 300 g/mol. The number of benzene rings is 1. The molecule has 0 bridgehead atoms. The number of aromatic nitrogens is 2. The van der Waals surface area contributed by atoms with Crippen LogP contribution >= 0.6 is 0 Å². The zero-order valence-electron chi connectivity index (χ0n) is 13.7. The molecule has 5 nitrogen and oxygen atoms in total. The van der Waals surface area contributed by atoms with Crippen molar-refractivity contribution in [2.24, 2.45) is 0 Å². The summed E-state index contributed by atoms with van der Waals surface area (Å²) in [7, 11) is 0. The number of carbonyl (C=O) groups excluding carboxylic acids is 1. The first-order valence-corrected chi connectivity index (χ1v) is 8.27. The van der Waals surface area contributed by atoms with Gasteiger partial charge in [-0.15, -0.1) is 0 Å². The minimum absolute atomic E-state index is 0.104. The highest BCUT2D eigenvalue weighted by molar-refractivity contribution is 5.95. The van der Waals surface area contributed by atoms with Gasteiger partial charge in [0.25, 0.3) is 5.91 Å². The van der Waals surface area contributed by atoms with E-state index in [1.54, 1.807) is 0 Å². The van der Waals surface area contributed by atoms with Crippen LogP contribution in [0.5, 0.6) is 0 Å². The first-order valence-electron chi connectivity index (χ1n) is 8.27. The lowest BCUT2D eigenvalue weighted by Gasteiger charge is -2.27. The average Bonchev–Trinajstić information content (AvgIpc) is 3.02. The molecule has 0 spiro atoms. The summed E-state index contributed by atoms with van der Waals surface area (Å²) in [5.41, 5.74) is 4.71. The molecule has 3 aromatic rings. The second kappa shape index (κ2) is 6.09. The third kappa shape index (κ3) is 2.67. The van der Waals surface area contributed by atoms with Crippen LogP contribution in [0.1, 0.15) is 16.1 Å². The molecule has 4 rings (SSSR count). The van der Waals surface area contributed by atoms with Crippen molar-refractivity contribution in [1.82, 2.24) is 19.6 Å². The molecule has 3 heterocycles. The summed E-state index contributed by atoms with van der Waals surface area (Å²) >= 11 is 0. The van der Waals surface area contributed by atoms with E-state index in [0.717, 1.165) is 54.3 Å². The largest absolute Gasteiger partial charge is 0.336 e. The highest BCUT2D eigenvalue weighted by Gasteiger charge is 2.18. The van der Waals surface area contributed by atoms with Crippen LogP contribution in [0.4, 0.5) is 0 Å². The fourth-order valence-electron chi connectivity index (χ4n) is 3.23. The Kier molecular flexibility index (Phi) is 3.78. The molecule has 0 saturated carbocycles. The number of imidazole rings is 1. The van der Waals surface area contributed by atoms with Crippen molar-refractivity contribution in [3.05, 3.63) is 59.9 Å². The molecule has 0 unspecified atom stereocenters. The molecule has 1 fully saturated rings. The van der Waals surface area contributed by atoms with E-state index < -0.39 is 0 Å². The fourth-order valence-corrected chi connectivity index (χ4v) is 3.23. The summed E-state index contributed by atoms with van der Waals surface area (Å²) in [6.07, 6.45) is 2.02. The summed E-state index contributed by atoms with van der Waals surface area (Å²) < 4.78 is 2.07. The number of pyridine rings is 1. The van der Waals surface area contributed by atoms with E-state index in [0.29, 0.717) is 0 Å². The van der Waals surface area contributed by atoms with Crippen LogP contribution < -0.4 is 5.32 Å². The Balaban J connectivity index is 1.72. The second-order valence-electron chi connectivity index (χ2n) is 6.14. The molecule has 1 N–H and O–H groups in total. The molecule has 1 aromatic carbocycles. The number of amides is 1. The van der Waals surface area contributed by atoms with E-state index in [4.69, 9.17) is 0 Å². The van der Waals surface area contributed by atoms with E-state index in [2.05, 4.69) is 20.8 Å². The topological polar surface area (TPSA) is 49.6 Å². The highest BCUT2D eigenvalue weighted by atomic mass is 16.2. The lowest BCUT2D eigenvalue weighted by atomic mass is 10.1. The molecular formula is C19H20N4O. The maximum absolute atomic E-state index is 12.7. The smallest absolute Gasteiger partial charge is 0.253 e. The number of hydrogen-bond donors (Lipinski definition) is 1. The van der Waals surface area contributed by atoms with Crippen LogP contribution in [0.15, 0.2) is 48.7 Å². The van der Waals surface area contributed by atoms with E-state index in [1.165, 1.54) is 0 Å². The van der Waals surface area contributed by atoms with E-state index in [9.17, 15) is 4.79 Å². The lowest BCUT2D eigenvalue weighted by Crippen LogP contribution is -2.46. The molecule has 1 amide bonds. The zero-order chi connectivity index (χ0) is 16.5. The van der Waals surface area contributed by atoms with Crippen molar-refractivity contribution in [3.63, 3.8) is 0 Å². The molecule has 0 atom stereocenters. The van der Waals surface area contributed by atoms with Crippen molar-refractivity contribution in [3.8, 4) is 11.3 Å². The summed E-state index contributed by atoms with van der Waals surface area (Å²) in [5, 5.41) is 3.28. The van der Waals surface area contributed by atoms with E-state index in [1.807, 2.05) is 54.4 Å². The van der Waals surface area contributed by atoms with Crippen LogP contribution in [0.25, 0.3) is 16.9 Å². The molecule has 1 aliphatic heterocycles. The van der Waals surface area contributed by atoms with Gasteiger partial charge in [0, 0.05) is 37.9 Å². The molecule has 5 heteroatoms. The van der Waals surface area contributed by atoms with E-state index >= 15 is 0 Å². The summed E-state index contributed by atoms with van der Waals surface area (Å²) in [4.78, 5) is 19.2. The molecule has 0 aliphatic carbocycles.